The fourth-order valence-electron chi connectivity index (χ4n) is 6.36. The number of terminal acetylenes is 2. The van der Waals surface area contributed by atoms with E-state index in [1.807, 2.05) is 18.9 Å². The Morgan fingerprint density at radius 3 is 2.12 bits per heavy atom. The predicted molar refractivity (Wildman–Crippen MR) is 214 cm³/mol. The molecule has 0 aliphatic carbocycles. The number of rotatable bonds is 9. The van der Waals surface area contributed by atoms with Gasteiger partial charge in [-0.2, -0.15) is 26.3 Å². The van der Waals surface area contributed by atoms with E-state index in [9.17, 15) is 35.9 Å². The van der Waals surface area contributed by atoms with Crippen LogP contribution in [0.3, 0.4) is 0 Å². The number of Topliss-reactive ketones (excluding diaryl/α,β-unsaturated/α-hetero) is 1. The smallest absolute Gasteiger partial charge is 0.416 e. The number of hydrogen-bond donors (Lipinski definition) is 1. The van der Waals surface area contributed by atoms with E-state index in [-0.39, 0.29) is 41.1 Å². The molecule has 0 bridgehead atoms. The number of imidazole rings is 1. The Bertz CT molecular complexity index is 2410. The van der Waals surface area contributed by atoms with Gasteiger partial charge >= 0.3 is 12.4 Å². The molecule has 0 spiro atoms. The number of carbonyl (C=O) groups is 2. The Morgan fingerprint density at radius 2 is 1.51 bits per heavy atom. The van der Waals surface area contributed by atoms with E-state index in [4.69, 9.17) is 17.6 Å². The highest BCUT2D eigenvalue weighted by atomic mass is 19.4. The highest BCUT2D eigenvalue weighted by molar-refractivity contribution is 6.04. The highest BCUT2D eigenvalue weighted by Gasteiger charge is 2.35. The first-order chi connectivity index (χ1) is 27.9. The van der Waals surface area contributed by atoms with Gasteiger partial charge in [-0.1, -0.05) is 30.0 Å². The minimum absolute atomic E-state index is 0.0672. The zero-order valence-electron chi connectivity index (χ0n) is 32.8. The Balaban J connectivity index is 0.000000225. The van der Waals surface area contributed by atoms with Crippen LogP contribution in [0.5, 0.6) is 5.75 Å². The molecule has 14 heteroatoms. The molecule has 0 unspecified atom stereocenters. The Kier molecular flexibility index (Phi) is 13.7. The van der Waals surface area contributed by atoms with E-state index in [0.717, 1.165) is 36.9 Å². The lowest BCUT2D eigenvalue weighted by Crippen LogP contribution is -2.44. The average molecular weight is 814 g/mol. The fraction of sp³-hybridized carbons (Fsp3) is 0.267. The van der Waals surface area contributed by atoms with Gasteiger partial charge in [-0.05, 0) is 92.2 Å². The summed E-state index contributed by atoms with van der Waals surface area (Å²) in [5.41, 5.74) is 2.36. The maximum atomic E-state index is 13.7. The number of alkyl halides is 6. The number of likely N-dealkylation sites (N-methyl/N-ethyl adjacent to an activating group) is 1. The molecule has 8 nitrogen and oxygen atoms in total. The molecule has 1 aromatic heterocycles. The van der Waals surface area contributed by atoms with Crippen LogP contribution in [0.25, 0.3) is 5.69 Å². The second-order valence-electron chi connectivity index (χ2n) is 14.0. The maximum Gasteiger partial charge on any atom is 0.416 e. The summed E-state index contributed by atoms with van der Waals surface area (Å²) < 4.78 is 87.8. The summed E-state index contributed by atoms with van der Waals surface area (Å²) in [6.07, 6.45) is 4.70. The van der Waals surface area contributed by atoms with Crippen molar-refractivity contribution < 1.29 is 40.7 Å². The number of ketones is 1. The van der Waals surface area contributed by atoms with Gasteiger partial charge in [0.15, 0.2) is 5.78 Å². The lowest BCUT2D eigenvalue weighted by Gasteiger charge is -2.33. The van der Waals surface area contributed by atoms with Crippen molar-refractivity contribution in [2.45, 2.75) is 39.2 Å². The molecule has 0 saturated carbocycles. The number of anilines is 1. The monoisotopic (exact) mass is 813 g/mol. The van der Waals surface area contributed by atoms with E-state index in [1.165, 1.54) is 42.3 Å². The number of methoxy groups -OCH3 is 1. The minimum Gasteiger partial charge on any atom is -0.495 e. The van der Waals surface area contributed by atoms with Crippen LogP contribution in [0.15, 0.2) is 85.3 Å². The lowest BCUT2D eigenvalue weighted by molar-refractivity contribution is -0.139. The van der Waals surface area contributed by atoms with Crippen molar-refractivity contribution in [2.75, 3.05) is 45.7 Å². The van der Waals surface area contributed by atoms with E-state index >= 15 is 0 Å². The Labute approximate surface area is 338 Å². The molecule has 59 heavy (non-hydrogen) atoms. The molecule has 1 aliphatic heterocycles. The van der Waals surface area contributed by atoms with Crippen molar-refractivity contribution in [3.05, 3.63) is 141 Å². The SMILES string of the molecule is C#Cc1cc(C(=O)Cc2cc(-n3cnc(C)c3)cc(C(F)(F)F)c2)ccc1C.C#Cc1cc(C(=O)Nc2ccc(CN3CCN(C)CC3)c(C(F)(F)F)c2)ccc1OC. The van der Waals surface area contributed by atoms with Gasteiger partial charge in [0.2, 0.25) is 0 Å². The van der Waals surface area contributed by atoms with Crippen LogP contribution in [-0.2, 0) is 25.3 Å². The third kappa shape index (κ3) is 11.4. The first kappa shape index (κ1) is 43.8. The van der Waals surface area contributed by atoms with E-state index < -0.39 is 29.4 Å². The predicted octanol–water partition coefficient (Wildman–Crippen LogP) is 8.61. The number of hydrogen-bond acceptors (Lipinski definition) is 6. The van der Waals surface area contributed by atoms with Gasteiger partial charge in [0.05, 0.1) is 35.8 Å². The van der Waals surface area contributed by atoms with Crippen LogP contribution in [0.2, 0.25) is 0 Å². The molecule has 6 rings (SSSR count). The number of carbonyl (C=O) groups excluding carboxylic acids is 2. The number of halogens is 6. The summed E-state index contributed by atoms with van der Waals surface area (Å²) in [7, 11) is 3.45. The summed E-state index contributed by atoms with van der Waals surface area (Å²) in [4.78, 5) is 33.4. The number of aryl methyl sites for hydroxylation is 2. The molecule has 1 saturated heterocycles. The molecular weight excluding hydrogens is 773 g/mol. The summed E-state index contributed by atoms with van der Waals surface area (Å²) in [6.45, 7) is 6.84. The van der Waals surface area contributed by atoms with E-state index in [0.29, 0.717) is 46.9 Å². The molecule has 306 valence electrons. The van der Waals surface area contributed by atoms with Gasteiger partial charge < -0.3 is 19.5 Å². The number of ether oxygens (including phenoxy) is 1. The van der Waals surface area contributed by atoms with Gasteiger partial charge in [0.25, 0.3) is 5.91 Å². The van der Waals surface area contributed by atoms with Gasteiger partial charge in [-0.15, -0.1) is 12.8 Å². The largest absolute Gasteiger partial charge is 0.495 e. The van der Waals surface area contributed by atoms with Crippen molar-refractivity contribution in [3.63, 3.8) is 0 Å². The summed E-state index contributed by atoms with van der Waals surface area (Å²) in [5.74, 6) is 4.51. The third-order valence-corrected chi connectivity index (χ3v) is 9.67. The van der Waals surface area contributed by atoms with E-state index in [2.05, 4.69) is 27.0 Å². The first-order valence-electron chi connectivity index (χ1n) is 18.3. The third-order valence-electron chi connectivity index (χ3n) is 9.67. The van der Waals surface area contributed by atoms with Gasteiger partial charge in [0, 0.05) is 73.4 Å². The number of piperazine rings is 1. The Hall–Kier alpha value is -6.35. The maximum absolute atomic E-state index is 13.7. The van der Waals surface area contributed by atoms with Crippen molar-refractivity contribution in [1.82, 2.24) is 19.4 Å². The zero-order chi connectivity index (χ0) is 43.1. The number of benzene rings is 4. The molecule has 0 radical (unpaired) electrons. The molecular formula is C45H41F6N5O3. The van der Waals surface area contributed by atoms with Crippen molar-refractivity contribution in [3.8, 4) is 36.1 Å². The van der Waals surface area contributed by atoms with Crippen LogP contribution in [0.4, 0.5) is 32.0 Å². The molecule has 1 N–H and O–H groups in total. The van der Waals surface area contributed by atoms with Gasteiger partial charge in [-0.3, -0.25) is 14.5 Å². The summed E-state index contributed by atoms with van der Waals surface area (Å²) in [5, 5.41) is 2.53. The Morgan fingerprint density at radius 1 is 0.831 bits per heavy atom. The second-order valence-corrected chi connectivity index (χ2v) is 14.0. The molecule has 1 amide bonds. The quantitative estimate of drug-likeness (QED) is 0.0913. The summed E-state index contributed by atoms with van der Waals surface area (Å²) in [6, 6.07) is 17.0. The lowest BCUT2D eigenvalue weighted by atomic mass is 9.97. The topological polar surface area (TPSA) is 79.7 Å². The van der Waals surface area contributed by atoms with Crippen LogP contribution < -0.4 is 10.1 Å². The summed E-state index contributed by atoms with van der Waals surface area (Å²) >= 11 is 0. The molecule has 1 fully saturated rings. The van der Waals surface area contributed by atoms with Gasteiger partial charge in [0.1, 0.15) is 5.75 Å². The van der Waals surface area contributed by atoms with Crippen LogP contribution in [-0.4, -0.2) is 71.4 Å². The van der Waals surface area contributed by atoms with Gasteiger partial charge in [-0.25, -0.2) is 4.98 Å². The normalized spacial score (nSPS) is 13.4. The number of nitrogens with zero attached hydrogens (tertiary/aromatic N) is 4. The van der Waals surface area contributed by atoms with Crippen molar-refractivity contribution >= 4 is 17.4 Å². The molecule has 2 heterocycles. The average Bonchev–Trinajstić information content (AvgIpc) is 3.64. The number of nitrogens with one attached hydrogen (secondary N) is 1. The van der Waals surface area contributed by atoms with Crippen LogP contribution >= 0.6 is 0 Å². The van der Waals surface area contributed by atoms with Crippen molar-refractivity contribution in [2.24, 2.45) is 0 Å². The van der Waals surface area contributed by atoms with E-state index in [1.54, 1.807) is 43.5 Å². The number of amides is 1. The minimum atomic E-state index is -4.53. The molecule has 1 aliphatic rings. The first-order valence-corrected chi connectivity index (χ1v) is 18.3. The highest BCUT2D eigenvalue weighted by Crippen LogP contribution is 2.35. The standard InChI is InChI=1S/C23H24F3N3O2.C22H17F3N2O/c1-4-16-13-17(6-8-21(16)31-3)22(30)27-19-7-5-18(20(14-19)23(24,25)26)15-29-11-9-28(2)10-12-29;1-4-17-10-18(6-5-14(17)2)21(28)9-16-7-19(22(23,24)25)11-20(8-16)27-12-15(3)26-13-27/h1,5-8,13-14H,9-12,15H2,2-3H3,(H,27,30);1,5-8,10-13H,9H2,2-3H3. The zero-order valence-corrected chi connectivity index (χ0v) is 32.8. The number of aromatic nitrogens is 2. The fourth-order valence-corrected chi connectivity index (χ4v) is 6.36. The second kappa shape index (κ2) is 18.5. The molecule has 5 aromatic rings. The van der Waals surface area contributed by atoms with Crippen LogP contribution in [0, 0.1) is 38.5 Å². The van der Waals surface area contributed by atoms with Crippen LogP contribution in [0.1, 0.15) is 65.4 Å². The van der Waals surface area contributed by atoms with Crippen molar-refractivity contribution in [1.29, 1.82) is 0 Å². The molecule has 0 atom stereocenters. The molecule has 4 aromatic carbocycles.